The van der Waals surface area contributed by atoms with Crippen molar-refractivity contribution in [2.75, 3.05) is 5.75 Å². The summed E-state index contributed by atoms with van der Waals surface area (Å²) in [6.45, 7) is 4.13. The van der Waals surface area contributed by atoms with Gasteiger partial charge in [-0.15, -0.1) is 0 Å². The van der Waals surface area contributed by atoms with Gasteiger partial charge in [0.15, 0.2) is 0 Å². The summed E-state index contributed by atoms with van der Waals surface area (Å²) in [5.74, 6) is 0.311. The van der Waals surface area contributed by atoms with Gasteiger partial charge in [-0.3, -0.25) is 0 Å². The van der Waals surface area contributed by atoms with E-state index in [1.807, 2.05) is 38.1 Å². The Kier molecular flexibility index (Phi) is 4.95. The van der Waals surface area contributed by atoms with E-state index >= 15 is 0 Å². The minimum atomic E-state index is -3.15. The van der Waals surface area contributed by atoms with Crippen LogP contribution >= 0.6 is 15.9 Å². The van der Waals surface area contributed by atoms with Gasteiger partial charge in [0, 0.05) is 11.0 Å². The highest BCUT2D eigenvalue weighted by Crippen LogP contribution is 2.10. The molecule has 3 nitrogen and oxygen atoms in total. The molecule has 0 saturated heterocycles. The number of benzene rings is 1. The second-order valence-corrected chi connectivity index (χ2v) is 6.89. The molecule has 0 amide bonds. The second-order valence-electron chi connectivity index (χ2n) is 4.12. The van der Waals surface area contributed by atoms with E-state index in [2.05, 4.69) is 20.7 Å². The Morgan fingerprint density at radius 3 is 2.31 bits per heavy atom. The molecule has 0 aliphatic rings. The minimum Gasteiger partial charge on any atom is -0.212 e. The predicted molar refractivity (Wildman–Crippen MR) is 69.6 cm³/mol. The topological polar surface area (TPSA) is 46.2 Å². The Labute approximate surface area is 105 Å². The van der Waals surface area contributed by atoms with E-state index in [1.54, 1.807) is 0 Å². The number of hydrogen-bond donors (Lipinski definition) is 1. The third-order valence-electron chi connectivity index (χ3n) is 1.96. The highest BCUT2D eigenvalue weighted by Gasteiger charge is 2.11. The first-order chi connectivity index (χ1) is 7.39. The first-order valence-electron chi connectivity index (χ1n) is 5.11. The molecule has 0 saturated carbocycles. The summed E-state index contributed by atoms with van der Waals surface area (Å²) in [7, 11) is -3.15. The molecule has 0 fully saturated rings. The molecule has 1 N–H and O–H groups in total. The highest BCUT2D eigenvalue weighted by atomic mass is 79.9. The molecule has 0 aliphatic heterocycles. The van der Waals surface area contributed by atoms with Gasteiger partial charge in [0.1, 0.15) is 0 Å². The van der Waals surface area contributed by atoms with E-state index < -0.39 is 10.0 Å². The van der Waals surface area contributed by atoms with Gasteiger partial charge in [0.25, 0.3) is 0 Å². The molecule has 0 aromatic heterocycles. The molecule has 0 aliphatic carbocycles. The van der Waals surface area contributed by atoms with Crippen LogP contribution in [-0.2, 0) is 16.6 Å². The molecule has 16 heavy (non-hydrogen) atoms. The van der Waals surface area contributed by atoms with Crippen molar-refractivity contribution in [1.82, 2.24) is 4.72 Å². The molecule has 0 heterocycles. The molecule has 5 heteroatoms. The molecular weight excluding hydrogens is 290 g/mol. The van der Waals surface area contributed by atoms with E-state index in [-0.39, 0.29) is 11.7 Å². The van der Waals surface area contributed by atoms with Crippen LogP contribution in [0, 0.1) is 5.92 Å². The van der Waals surface area contributed by atoms with Gasteiger partial charge in [-0.2, -0.15) is 0 Å². The molecular formula is C11H16BrNO2S. The van der Waals surface area contributed by atoms with Crippen LogP contribution < -0.4 is 4.72 Å². The lowest BCUT2D eigenvalue weighted by Gasteiger charge is -2.08. The summed E-state index contributed by atoms with van der Waals surface area (Å²) in [6.07, 6.45) is 0. The summed E-state index contributed by atoms with van der Waals surface area (Å²) in [4.78, 5) is 0. The summed E-state index contributed by atoms with van der Waals surface area (Å²) >= 11 is 3.33. The number of halogens is 1. The van der Waals surface area contributed by atoms with Crippen LogP contribution in [-0.4, -0.2) is 14.2 Å². The molecule has 0 radical (unpaired) electrons. The van der Waals surface area contributed by atoms with E-state index in [9.17, 15) is 8.42 Å². The van der Waals surface area contributed by atoms with Gasteiger partial charge in [-0.1, -0.05) is 41.9 Å². The van der Waals surface area contributed by atoms with Crippen LogP contribution in [0.1, 0.15) is 19.4 Å². The normalized spacial score (nSPS) is 12.0. The van der Waals surface area contributed by atoms with Crippen LogP contribution in [0.4, 0.5) is 0 Å². The fourth-order valence-electron chi connectivity index (χ4n) is 1.29. The van der Waals surface area contributed by atoms with E-state index in [1.165, 1.54) is 0 Å². The molecule has 0 bridgehead atoms. The highest BCUT2D eigenvalue weighted by molar-refractivity contribution is 9.10. The Balaban J connectivity index is 2.54. The Bertz CT molecular complexity index is 426. The maximum Gasteiger partial charge on any atom is 0.212 e. The lowest BCUT2D eigenvalue weighted by atomic mass is 10.2. The standard InChI is InChI=1S/C11H16BrNO2S/c1-9(2)8-16(14,15)13-7-10-3-5-11(12)6-4-10/h3-6,9,13H,7-8H2,1-2H3. The third kappa shape index (κ3) is 5.09. The van der Waals surface area contributed by atoms with Crippen molar-refractivity contribution < 1.29 is 8.42 Å². The van der Waals surface area contributed by atoms with Crippen molar-refractivity contribution in [3.05, 3.63) is 34.3 Å². The zero-order valence-corrected chi connectivity index (χ0v) is 11.8. The first-order valence-corrected chi connectivity index (χ1v) is 7.55. The summed E-state index contributed by atoms with van der Waals surface area (Å²) in [5, 5.41) is 0. The van der Waals surface area contributed by atoms with Gasteiger partial charge in [-0.25, -0.2) is 13.1 Å². The zero-order valence-electron chi connectivity index (χ0n) is 9.40. The van der Waals surface area contributed by atoms with Crippen LogP contribution in [0.2, 0.25) is 0 Å². The number of nitrogens with one attached hydrogen (secondary N) is 1. The SMILES string of the molecule is CC(C)CS(=O)(=O)NCc1ccc(Br)cc1. The Morgan fingerprint density at radius 1 is 1.25 bits per heavy atom. The molecule has 0 spiro atoms. The lowest BCUT2D eigenvalue weighted by Crippen LogP contribution is -2.28. The molecule has 1 rings (SSSR count). The predicted octanol–water partition coefficient (Wildman–Crippen LogP) is 2.52. The second kappa shape index (κ2) is 5.80. The smallest absolute Gasteiger partial charge is 0.212 e. The van der Waals surface area contributed by atoms with Crippen LogP contribution in [0.3, 0.4) is 0 Å². The Morgan fingerprint density at radius 2 is 1.81 bits per heavy atom. The minimum absolute atomic E-state index is 0.141. The first kappa shape index (κ1) is 13.7. The molecule has 1 aromatic rings. The van der Waals surface area contributed by atoms with Crippen molar-refractivity contribution in [2.45, 2.75) is 20.4 Å². The van der Waals surface area contributed by atoms with Crippen molar-refractivity contribution in [3.8, 4) is 0 Å². The average molecular weight is 306 g/mol. The van der Waals surface area contributed by atoms with Gasteiger partial charge >= 0.3 is 0 Å². The number of hydrogen-bond acceptors (Lipinski definition) is 2. The van der Waals surface area contributed by atoms with Crippen LogP contribution in [0.15, 0.2) is 28.7 Å². The van der Waals surface area contributed by atoms with Crippen molar-refractivity contribution in [2.24, 2.45) is 5.92 Å². The van der Waals surface area contributed by atoms with Gasteiger partial charge < -0.3 is 0 Å². The summed E-state index contributed by atoms with van der Waals surface area (Å²) in [5.41, 5.74) is 0.954. The van der Waals surface area contributed by atoms with Gasteiger partial charge in [-0.05, 0) is 23.6 Å². The average Bonchev–Trinajstić information content (AvgIpc) is 2.15. The maximum absolute atomic E-state index is 11.6. The molecule has 1 aromatic carbocycles. The largest absolute Gasteiger partial charge is 0.212 e. The monoisotopic (exact) mass is 305 g/mol. The lowest BCUT2D eigenvalue weighted by molar-refractivity contribution is 0.568. The molecule has 0 atom stereocenters. The third-order valence-corrected chi connectivity index (χ3v) is 4.18. The van der Waals surface area contributed by atoms with Crippen LogP contribution in [0.25, 0.3) is 0 Å². The number of rotatable bonds is 5. The fourth-order valence-corrected chi connectivity index (χ4v) is 2.94. The molecule has 0 unspecified atom stereocenters. The quantitative estimate of drug-likeness (QED) is 0.908. The van der Waals surface area contributed by atoms with E-state index in [0.29, 0.717) is 6.54 Å². The fraction of sp³-hybridized carbons (Fsp3) is 0.455. The van der Waals surface area contributed by atoms with Crippen LogP contribution in [0.5, 0.6) is 0 Å². The van der Waals surface area contributed by atoms with E-state index in [4.69, 9.17) is 0 Å². The zero-order chi connectivity index (χ0) is 12.2. The Hall–Kier alpha value is -0.390. The number of sulfonamides is 1. The van der Waals surface area contributed by atoms with E-state index in [0.717, 1.165) is 10.0 Å². The van der Waals surface area contributed by atoms with Gasteiger partial charge in [0.05, 0.1) is 5.75 Å². The van der Waals surface area contributed by atoms with Gasteiger partial charge in [0.2, 0.25) is 10.0 Å². The van der Waals surface area contributed by atoms with Crippen molar-refractivity contribution in [1.29, 1.82) is 0 Å². The summed E-state index contributed by atoms with van der Waals surface area (Å²) < 4.78 is 26.7. The van der Waals surface area contributed by atoms with Crippen molar-refractivity contribution >= 4 is 26.0 Å². The maximum atomic E-state index is 11.6. The molecule has 90 valence electrons. The van der Waals surface area contributed by atoms with Crippen molar-refractivity contribution in [3.63, 3.8) is 0 Å². The summed E-state index contributed by atoms with van der Waals surface area (Å²) in [6, 6.07) is 7.57.